The summed E-state index contributed by atoms with van der Waals surface area (Å²) in [6.07, 6.45) is 0.888. The van der Waals surface area contributed by atoms with Crippen LogP contribution < -0.4 is 5.32 Å². The van der Waals surface area contributed by atoms with Gasteiger partial charge < -0.3 is 15.1 Å². The minimum absolute atomic E-state index is 0.328. The molecule has 0 bridgehead atoms. The number of nitrogens with one attached hydrogen (secondary N) is 1. The molecule has 1 heterocycles. The van der Waals surface area contributed by atoms with Crippen LogP contribution in [0.1, 0.15) is 23.6 Å². The number of carbonyl (C=O) groups is 3. The second kappa shape index (κ2) is 11.0. The zero-order valence-electron chi connectivity index (χ0n) is 17.0. The van der Waals surface area contributed by atoms with E-state index in [1.807, 2.05) is 60.7 Å². The van der Waals surface area contributed by atoms with Gasteiger partial charge >= 0.3 is 11.9 Å². The molecule has 2 aromatic rings. The molecule has 0 spiro atoms. The first-order valence-electron chi connectivity index (χ1n) is 10.1. The zero-order chi connectivity index (χ0) is 22.2. The van der Waals surface area contributed by atoms with Crippen LogP contribution in [0.4, 0.5) is 0 Å². The Morgan fingerprint density at radius 3 is 2.29 bits per heavy atom. The van der Waals surface area contributed by atoms with Crippen LogP contribution in [0.25, 0.3) is 0 Å². The molecule has 7 nitrogen and oxygen atoms in total. The molecular weight excluding hydrogens is 416 g/mol. The number of carboxylic acids is 2. The molecule has 8 heteroatoms. The molecule has 31 heavy (non-hydrogen) atoms. The predicted molar refractivity (Wildman–Crippen MR) is 119 cm³/mol. The quantitative estimate of drug-likeness (QED) is 0.548. The van der Waals surface area contributed by atoms with E-state index in [9.17, 15) is 24.6 Å². The number of nitrogens with zero attached hydrogens (tertiary/aromatic N) is 1. The van der Waals surface area contributed by atoms with E-state index in [0.717, 1.165) is 11.1 Å². The van der Waals surface area contributed by atoms with Crippen molar-refractivity contribution in [3.63, 3.8) is 0 Å². The summed E-state index contributed by atoms with van der Waals surface area (Å²) >= 11 is 1.52. The molecule has 1 aliphatic heterocycles. The highest BCUT2D eigenvalue weighted by Gasteiger charge is 2.37. The minimum Gasteiger partial charge on any atom is -0.480 e. The molecule has 2 aromatic carbocycles. The van der Waals surface area contributed by atoms with Gasteiger partial charge in [-0.25, -0.2) is 0 Å². The van der Waals surface area contributed by atoms with Gasteiger partial charge in [-0.05, 0) is 24.0 Å². The van der Waals surface area contributed by atoms with Gasteiger partial charge in [0.05, 0.1) is 12.1 Å². The Labute approximate surface area is 185 Å². The fourth-order valence-electron chi connectivity index (χ4n) is 3.69. The maximum atomic E-state index is 13.3. The summed E-state index contributed by atoms with van der Waals surface area (Å²) in [4.78, 5) is 38.0. The van der Waals surface area contributed by atoms with E-state index in [2.05, 4.69) is 5.32 Å². The van der Waals surface area contributed by atoms with Crippen molar-refractivity contribution in [1.29, 1.82) is 0 Å². The lowest BCUT2D eigenvalue weighted by Crippen LogP contribution is -2.53. The highest BCUT2D eigenvalue weighted by Crippen LogP contribution is 2.29. The molecule has 3 N–H and O–H groups in total. The van der Waals surface area contributed by atoms with Gasteiger partial charge in [-0.15, -0.1) is 0 Å². The van der Waals surface area contributed by atoms with Crippen molar-refractivity contribution in [1.82, 2.24) is 10.2 Å². The van der Waals surface area contributed by atoms with Crippen LogP contribution in [-0.4, -0.2) is 63.1 Å². The van der Waals surface area contributed by atoms with Crippen molar-refractivity contribution in [2.24, 2.45) is 0 Å². The van der Waals surface area contributed by atoms with E-state index in [0.29, 0.717) is 24.3 Å². The number of aliphatic carboxylic acids is 2. The van der Waals surface area contributed by atoms with Gasteiger partial charge in [0, 0.05) is 11.5 Å². The second-order valence-electron chi connectivity index (χ2n) is 7.46. The number of hydrogen-bond donors (Lipinski definition) is 3. The SMILES string of the molecule is O=C(O)CN1C(=O)C(N[C@H](CCc2ccccc2)C(=O)O)CSCC1c1ccccc1. The Morgan fingerprint density at radius 1 is 1.03 bits per heavy atom. The van der Waals surface area contributed by atoms with Crippen molar-refractivity contribution < 1.29 is 24.6 Å². The Balaban J connectivity index is 1.75. The fraction of sp³-hybridized carbons (Fsp3) is 0.348. The first-order valence-corrected chi connectivity index (χ1v) is 11.3. The average Bonchev–Trinajstić information content (AvgIpc) is 2.91. The molecule has 0 aromatic heterocycles. The van der Waals surface area contributed by atoms with E-state index < -0.39 is 30.6 Å². The number of amides is 1. The van der Waals surface area contributed by atoms with E-state index >= 15 is 0 Å². The molecular formula is C23H26N2O5S. The first-order chi connectivity index (χ1) is 15.0. The molecule has 3 rings (SSSR count). The van der Waals surface area contributed by atoms with E-state index in [4.69, 9.17) is 0 Å². The molecule has 3 atom stereocenters. The number of hydrogen-bond acceptors (Lipinski definition) is 5. The van der Waals surface area contributed by atoms with Gasteiger partial charge in [-0.1, -0.05) is 60.7 Å². The van der Waals surface area contributed by atoms with E-state index in [-0.39, 0.29) is 11.9 Å². The van der Waals surface area contributed by atoms with Gasteiger partial charge in [0.2, 0.25) is 5.91 Å². The van der Waals surface area contributed by atoms with Crippen LogP contribution in [0.5, 0.6) is 0 Å². The van der Waals surface area contributed by atoms with Gasteiger partial charge in [-0.2, -0.15) is 11.8 Å². The van der Waals surface area contributed by atoms with Gasteiger partial charge in [0.1, 0.15) is 12.6 Å². The van der Waals surface area contributed by atoms with Gasteiger partial charge in [0.15, 0.2) is 0 Å². The smallest absolute Gasteiger partial charge is 0.323 e. The Hall–Kier alpha value is -2.84. The Bertz CT molecular complexity index is 893. The summed E-state index contributed by atoms with van der Waals surface area (Å²) in [7, 11) is 0. The van der Waals surface area contributed by atoms with Crippen molar-refractivity contribution in [2.45, 2.75) is 31.0 Å². The summed E-state index contributed by atoms with van der Waals surface area (Å²) in [6.45, 7) is -0.432. The highest BCUT2D eigenvalue weighted by atomic mass is 32.2. The predicted octanol–water partition coefficient (Wildman–Crippen LogP) is 2.43. The molecule has 1 fully saturated rings. The van der Waals surface area contributed by atoms with Gasteiger partial charge in [-0.3, -0.25) is 19.7 Å². The van der Waals surface area contributed by atoms with Crippen molar-refractivity contribution in [3.8, 4) is 0 Å². The number of carboxylic acid groups (broad SMARTS) is 2. The summed E-state index contributed by atoms with van der Waals surface area (Å²) in [5.74, 6) is -1.58. The fourth-order valence-corrected chi connectivity index (χ4v) is 4.90. The Morgan fingerprint density at radius 2 is 1.68 bits per heavy atom. The largest absolute Gasteiger partial charge is 0.480 e. The number of rotatable bonds is 9. The van der Waals surface area contributed by atoms with Crippen LogP contribution in [0.15, 0.2) is 60.7 Å². The number of benzene rings is 2. The summed E-state index contributed by atoms with van der Waals surface area (Å²) < 4.78 is 0. The van der Waals surface area contributed by atoms with Crippen molar-refractivity contribution in [2.75, 3.05) is 18.1 Å². The molecule has 1 amide bonds. The lowest BCUT2D eigenvalue weighted by Gasteiger charge is -2.31. The van der Waals surface area contributed by atoms with Crippen LogP contribution in [0.3, 0.4) is 0 Å². The van der Waals surface area contributed by atoms with Crippen molar-refractivity contribution in [3.05, 3.63) is 71.8 Å². The first kappa shape index (κ1) is 22.8. The molecule has 0 radical (unpaired) electrons. The van der Waals surface area contributed by atoms with E-state index in [1.165, 1.54) is 16.7 Å². The molecule has 0 saturated carbocycles. The molecule has 2 unspecified atom stereocenters. The second-order valence-corrected chi connectivity index (χ2v) is 8.53. The lowest BCUT2D eigenvalue weighted by atomic mass is 10.0. The zero-order valence-corrected chi connectivity index (χ0v) is 17.8. The standard InChI is InChI=1S/C23H26N2O5S/c26-21(27)13-25-20(17-9-5-2-6-10-17)15-31-14-19(22(25)28)24-18(23(29)30)12-11-16-7-3-1-4-8-16/h1-10,18-20,24H,11-15H2,(H,26,27)(H,29,30)/t18-,19?,20?/m1/s1. The lowest BCUT2D eigenvalue weighted by molar-refractivity contribution is -0.147. The Kier molecular flexibility index (Phi) is 8.08. The molecule has 0 aliphatic carbocycles. The number of aryl methyl sites for hydroxylation is 1. The molecule has 1 saturated heterocycles. The maximum absolute atomic E-state index is 13.3. The maximum Gasteiger partial charge on any atom is 0.323 e. The average molecular weight is 443 g/mol. The van der Waals surface area contributed by atoms with Crippen LogP contribution in [-0.2, 0) is 20.8 Å². The normalized spacial score (nSPS) is 20.1. The third kappa shape index (κ3) is 6.32. The van der Waals surface area contributed by atoms with Crippen LogP contribution in [0, 0.1) is 0 Å². The molecule has 164 valence electrons. The number of thioether (sulfide) groups is 1. The topological polar surface area (TPSA) is 107 Å². The number of carbonyl (C=O) groups excluding carboxylic acids is 1. The van der Waals surface area contributed by atoms with E-state index in [1.54, 1.807) is 0 Å². The monoisotopic (exact) mass is 442 g/mol. The molecule has 1 aliphatic rings. The third-order valence-corrected chi connectivity index (χ3v) is 6.39. The van der Waals surface area contributed by atoms with Crippen molar-refractivity contribution >= 4 is 29.6 Å². The van der Waals surface area contributed by atoms with Gasteiger partial charge in [0.25, 0.3) is 0 Å². The summed E-state index contributed by atoms with van der Waals surface area (Å²) in [6, 6.07) is 16.8. The highest BCUT2D eigenvalue weighted by molar-refractivity contribution is 7.99. The summed E-state index contributed by atoms with van der Waals surface area (Å²) in [5.41, 5.74) is 1.89. The summed E-state index contributed by atoms with van der Waals surface area (Å²) in [5, 5.41) is 22.1. The minimum atomic E-state index is -1.10. The van der Waals surface area contributed by atoms with Crippen LogP contribution in [0.2, 0.25) is 0 Å². The van der Waals surface area contributed by atoms with Crippen LogP contribution >= 0.6 is 11.8 Å². The third-order valence-electron chi connectivity index (χ3n) is 5.27.